The van der Waals surface area contributed by atoms with Crippen LogP contribution < -0.4 is 11.0 Å². The van der Waals surface area contributed by atoms with Crippen LogP contribution in [0.4, 0.5) is 5.95 Å². The first-order valence-corrected chi connectivity index (χ1v) is 14.2. The van der Waals surface area contributed by atoms with Crippen molar-refractivity contribution in [1.29, 1.82) is 0 Å². The third-order valence-electron chi connectivity index (χ3n) is 8.03. The molecule has 0 aliphatic heterocycles. The van der Waals surface area contributed by atoms with E-state index in [1.807, 2.05) is 53.1 Å². The number of nitrogens with one attached hydrogen (secondary N) is 1. The molecule has 4 aromatic rings. The Kier molecular flexibility index (Phi) is 6.98. The van der Waals surface area contributed by atoms with Gasteiger partial charge in [0.05, 0.1) is 17.5 Å². The Balaban J connectivity index is 1.46. The van der Waals surface area contributed by atoms with E-state index in [2.05, 4.69) is 56.8 Å². The van der Waals surface area contributed by atoms with Crippen molar-refractivity contribution in [2.24, 2.45) is 5.10 Å². The van der Waals surface area contributed by atoms with Crippen molar-refractivity contribution in [1.82, 2.24) is 9.55 Å². The number of nitrogens with zero attached hydrogens (tertiary/aromatic N) is 3. The number of rotatable bonds is 6. The molecule has 0 amide bonds. The lowest BCUT2D eigenvalue weighted by atomic mass is 9.62. The van der Waals surface area contributed by atoms with Crippen LogP contribution in [-0.2, 0) is 24.8 Å². The van der Waals surface area contributed by atoms with Gasteiger partial charge in [-0.15, -0.1) is 0 Å². The first-order chi connectivity index (χ1) is 18.6. The predicted molar refractivity (Wildman–Crippen MR) is 158 cm³/mol. The van der Waals surface area contributed by atoms with Crippen LogP contribution in [0.5, 0.6) is 0 Å². The van der Waals surface area contributed by atoms with E-state index in [4.69, 9.17) is 4.98 Å². The molecule has 6 rings (SSSR count). The summed E-state index contributed by atoms with van der Waals surface area (Å²) in [6.07, 6.45) is 9.05. The van der Waals surface area contributed by atoms with Gasteiger partial charge in [-0.1, -0.05) is 102 Å². The summed E-state index contributed by atoms with van der Waals surface area (Å²) in [6, 6.07) is 26.7. The highest BCUT2D eigenvalue weighted by molar-refractivity contribution is 9.10. The van der Waals surface area contributed by atoms with Crippen LogP contribution in [0.1, 0.15) is 54.4 Å². The van der Waals surface area contributed by atoms with Gasteiger partial charge >= 0.3 is 0 Å². The molecule has 1 spiro atoms. The molecule has 0 bridgehead atoms. The summed E-state index contributed by atoms with van der Waals surface area (Å²) in [7, 11) is 0. The normalized spacial score (nSPS) is 15.8. The van der Waals surface area contributed by atoms with Crippen LogP contribution in [0.2, 0.25) is 0 Å². The van der Waals surface area contributed by atoms with E-state index in [1.54, 1.807) is 6.21 Å². The molecule has 0 radical (unpaired) electrons. The number of benzene rings is 3. The highest BCUT2D eigenvalue weighted by atomic mass is 79.9. The minimum atomic E-state index is -0.139. The fraction of sp³-hybridized carbons (Fsp3) is 0.281. The molecule has 2 aliphatic carbocycles. The lowest BCUT2D eigenvalue weighted by Gasteiger charge is -2.42. The minimum absolute atomic E-state index is 0.0728. The maximum absolute atomic E-state index is 14.4. The van der Waals surface area contributed by atoms with Crippen LogP contribution in [-0.4, -0.2) is 15.8 Å². The first-order valence-electron chi connectivity index (χ1n) is 13.5. The molecule has 1 heterocycles. The predicted octanol–water partition coefficient (Wildman–Crippen LogP) is 7.12. The molecule has 2 aliphatic rings. The molecule has 38 heavy (non-hydrogen) atoms. The number of aryl methyl sites for hydroxylation is 1. The number of halogens is 1. The van der Waals surface area contributed by atoms with Crippen LogP contribution in [0.3, 0.4) is 0 Å². The lowest BCUT2D eigenvalue weighted by Crippen LogP contribution is -2.43. The van der Waals surface area contributed by atoms with Gasteiger partial charge in [-0.25, -0.2) is 10.4 Å². The topological polar surface area (TPSA) is 59.3 Å². The third kappa shape index (κ3) is 4.85. The van der Waals surface area contributed by atoms with E-state index in [-0.39, 0.29) is 11.0 Å². The average molecular weight is 568 g/mol. The summed E-state index contributed by atoms with van der Waals surface area (Å²) in [4.78, 5) is 19.6. The minimum Gasteiger partial charge on any atom is -0.277 e. The molecule has 5 nitrogen and oxygen atoms in total. The molecule has 3 aromatic carbocycles. The largest absolute Gasteiger partial charge is 0.277 e. The summed E-state index contributed by atoms with van der Waals surface area (Å²) in [5.74, 6) is 0.487. The van der Waals surface area contributed by atoms with E-state index in [1.165, 1.54) is 17.5 Å². The number of hydrogen-bond donors (Lipinski definition) is 1. The fourth-order valence-electron chi connectivity index (χ4n) is 6.13. The number of hydrogen-bond acceptors (Lipinski definition) is 4. The van der Waals surface area contributed by atoms with Crippen LogP contribution >= 0.6 is 15.9 Å². The Morgan fingerprint density at radius 3 is 2.47 bits per heavy atom. The van der Waals surface area contributed by atoms with Gasteiger partial charge in [0.2, 0.25) is 5.95 Å². The number of aromatic nitrogens is 2. The van der Waals surface area contributed by atoms with Crippen molar-refractivity contribution in [2.75, 3.05) is 5.43 Å². The van der Waals surface area contributed by atoms with E-state index in [0.717, 1.165) is 65.4 Å². The molecule has 1 aromatic heterocycles. The van der Waals surface area contributed by atoms with Gasteiger partial charge in [0, 0.05) is 22.0 Å². The highest BCUT2D eigenvalue weighted by Gasteiger charge is 2.43. The Hall–Kier alpha value is -3.51. The van der Waals surface area contributed by atoms with Gasteiger partial charge in [0.15, 0.2) is 0 Å². The number of hydrazone groups is 1. The Labute approximate surface area is 231 Å². The zero-order valence-electron chi connectivity index (χ0n) is 21.4. The molecule has 0 unspecified atom stereocenters. The van der Waals surface area contributed by atoms with Crippen molar-refractivity contribution in [2.45, 2.75) is 56.9 Å². The molecule has 0 saturated heterocycles. The zero-order chi connectivity index (χ0) is 26.0. The molecule has 0 atom stereocenters. The van der Waals surface area contributed by atoms with Gasteiger partial charge in [0.1, 0.15) is 0 Å². The summed E-state index contributed by atoms with van der Waals surface area (Å²) < 4.78 is 2.83. The molecular formula is C32H31BrN4O. The number of anilines is 1. The van der Waals surface area contributed by atoms with Crippen molar-refractivity contribution in [3.8, 4) is 11.3 Å². The first kappa shape index (κ1) is 24.8. The molecule has 192 valence electrons. The highest BCUT2D eigenvalue weighted by Crippen LogP contribution is 2.48. The van der Waals surface area contributed by atoms with Gasteiger partial charge in [-0.2, -0.15) is 5.10 Å². The van der Waals surface area contributed by atoms with E-state index in [9.17, 15) is 4.79 Å². The van der Waals surface area contributed by atoms with E-state index >= 15 is 0 Å². The Morgan fingerprint density at radius 1 is 0.947 bits per heavy atom. The Bertz CT molecular complexity index is 1520. The number of fused-ring (bicyclic) bond motifs is 4. The quantitative estimate of drug-likeness (QED) is 0.199. The van der Waals surface area contributed by atoms with Crippen LogP contribution in [0.15, 0.2) is 93.2 Å². The molecule has 6 heteroatoms. The fourth-order valence-corrected chi connectivity index (χ4v) is 6.40. The van der Waals surface area contributed by atoms with E-state index < -0.39 is 0 Å². The second-order valence-corrected chi connectivity index (χ2v) is 11.4. The van der Waals surface area contributed by atoms with Crippen LogP contribution in [0.25, 0.3) is 11.3 Å². The summed E-state index contributed by atoms with van der Waals surface area (Å²) >= 11 is 3.47. The van der Waals surface area contributed by atoms with Crippen molar-refractivity contribution < 1.29 is 0 Å². The van der Waals surface area contributed by atoms with E-state index in [0.29, 0.717) is 12.5 Å². The molecule has 1 N–H and O–H groups in total. The third-order valence-corrected chi connectivity index (χ3v) is 8.56. The molecular weight excluding hydrogens is 536 g/mol. The standard InChI is InChI=1S/C32H31BrN4O/c33-26-15-13-24(14-16-26)22-34-36-31-35-29-27-12-6-5-11-25(27)21-32(18-7-2-8-19-32)28(29)30(38)37(31)20-17-23-9-3-1-4-10-23/h1,3-6,9-16,22H,2,7-8,17-21H2,(H,35,36)/b34-22+. The van der Waals surface area contributed by atoms with Gasteiger partial charge in [-0.3, -0.25) is 9.36 Å². The van der Waals surface area contributed by atoms with Crippen molar-refractivity contribution in [3.05, 3.63) is 116 Å². The Morgan fingerprint density at radius 2 is 1.68 bits per heavy atom. The maximum atomic E-state index is 14.4. The molecule has 1 fully saturated rings. The summed E-state index contributed by atoms with van der Waals surface area (Å²) in [6.45, 7) is 0.539. The SMILES string of the molecule is O=c1c2c(nc(N/N=C/c3ccc(Br)cc3)n1CCc1ccccc1)-c1ccccc1CC21CCCCC1. The van der Waals surface area contributed by atoms with Gasteiger partial charge in [0.25, 0.3) is 5.56 Å². The maximum Gasteiger partial charge on any atom is 0.259 e. The second kappa shape index (κ2) is 10.7. The van der Waals surface area contributed by atoms with Gasteiger partial charge in [-0.05, 0) is 54.5 Å². The average Bonchev–Trinajstić information content (AvgIpc) is 2.94. The lowest BCUT2D eigenvalue weighted by molar-refractivity contribution is 0.283. The second-order valence-electron chi connectivity index (χ2n) is 10.4. The smallest absolute Gasteiger partial charge is 0.259 e. The summed E-state index contributed by atoms with van der Waals surface area (Å²) in [5.41, 5.74) is 9.33. The monoisotopic (exact) mass is 566 g/mol. The van der Waals surface area contributed by atoms with Crippen molar-refractivity contribution in [3.63, 3.8) is 0 Å². The molecule has 1 saturated carbocycles. The van der Waals surface area contributed by atoms with Crippen molar-refractivity contribution >= 4 is 28.1 Å². The van der Waals surface area contributed by atoms with Crippen LogP contribution in [0, 0.1) is 0 Å². The summed E-state index contributed by atoms with van der Waals surface area (Å²) in [5, 5.41) is 4.49. The zero-order valence-corrected chi connectivity index (χ0v) is 23.0. The van der Waals surface area contributed by atoms with Gasteiger partial charge < -0.3 is 0 Å².